The van der Waals surface area contributed by atoms with Crippen LogP contribution in [0.3, 0.4) is 0 Å². The van der Waals surface area contributed by atoms with Crippen molar-refractivity contribution in [1.29, 1.82) is 0 Å². The molecule has 1 aliphatic rings. The van der Waals surface area contributed by atoms with Crippen molar-refractivity contribution in [2.24, 2.45) is 0 Å². The Labute approximate surface area is 120 Å². The number of carbonyl (C=O) groups is 1. The second kappa shape index (κ2) is 7.04. The van der Waals surface area contributed by atoms with E-state index in [1.54, 1.807) is 6.20 Å². The van der Waals surface area contributed by atoms with Gasteiger partial charge in [0.1, 0.15) is 10.6 Å². The summed E-state index contributed by atoms with van der Waals surface area (Å²) in [6.07, 6.45) is 1.77. The average Bonchev–Trinajstić information content (AvgIpc) is 2.32. The van der Waals surface area contributed by atoms with Gasteiger partial charge >= 0.3 is 5.97 Å². The third-order valence-electron chi connectivity index (χ3n) is 2.81. The summed E-state index contributed by atoms with van der Waals surface area (Å²) in [6.45, 7) is 2.69. The highest BCUT2D eigenvalue weighted by Crippen LogP contribution is 2.12. The molecule has 0 saturated carbocycles. The molecular formula is C11H15BrClN3O2. The quantitative estimate of drug-likeness (QED) is 0.810. The zero-order valence-electron chi connectivity index (χ0n) is 9.67. The molecule has 1 aromatic rings. The van der Waals surface area contributed by atoms with Crippen molar-refractivity contribution >= 4 is 34.3 Å². The molecule has 7 heteroatoms. The summed E-state index contributed by atoms with van der Waals surface area (Å²) in [4.78, 5) is 17.2. The highest BCUT2D eigenvalue weighted by atomic mass is 79.9. The van der Waals surface area contributed by atoms with E-state index < -0.39 is 12.0 Å². The smallest absolute Gasteiger partial charge is 0.322 e. The van der Waals surface area contributed by atoms with Crippen LogP contribution in [0, 0.1) is 0 Å². The van der Waals surface area contributed by atoms with Gasteiger partial charge in [0.2, 0.25) is 0 Å². The molecule has 1 atom stereocenters. The van der Waals surface area contributed by atoms with Gasteiger partial charge in [-0.1, -0.05) is 6.07 Å². The molecule has 0 aromatic carbocycles. The molecule has 0 amide bonds. The first-order valence-electron chi connectivity index (χ1n) is 5.45. The number of aromatic nitrogens is 1. The third kappa shape index (κ3) is 3.91. The van der Waals surface area contributed by atoms with Gasteiger partial charge in [0, 0.05) is 32.4 Å². The maximum atomic E-state index is 11.1. The van der Waals surface area contributed by atoms with Crippen molar-refractivity contribution < 1.29 is 9.90 Å². The van der Waals surface area contributed by atoms with Crippen LogP contribution in [0.2, 0.25) is 0 Å². The van der Waals surface area contributed by atoms with E-state index in [4.69, 9.17) is 5.11 Å². The standard InChI is InChI=1S/C11H14BrN3O2.ClH/c12-10-2-1-8(5-14-10)7-15-4-3-13-6-9(15)11(16)17;/h1-2,5,9,13H,3-4,6-7H2,(H,16,17);1H. The van der Waals surface area contributed by atoms with Crippen LogP contribution in [0.25, 0.3) is 0 Å². The molecule has 18 heavy (non-hydrogen) atoms. The summed E-state index contributed by atoms with van der Waals surface area (Å²) >= 11 is 3.28. The van der Waals surface area contributed by atoms with Gasteiger partial charge in [-0.15, -0.1) is 12.4 Å². The first-order valence-corrected chi connectivity index (χ1v) is 6.24. The van der Waals surface area contributed by atoms with Crippen LogP contribution in [0.5, 0.6) is 0 Å². The molecule has 0 radical (unpaired) electrons. The largest absolute Gasteiger partial charge is 0.480 e. The predicted molar refractivity (Wildman–Crippen MR) is 73.9 cm³/mol. The predicted octanol–water partition coefficient (Wildman–Crippen LogP) is 1.12. The van der Waals surface area contributed by atoms with E-state index in [9.17, 15) is 4.79 Å². The minimum atomic E-state index is -0.776. The van der Waals surface area contributed by atoms with Crippen molar-refractivity contribution in [1.82, 2.24) is 15.2 Å². The summed E-state index contributed by atoms with van der Waals surface area (Å²) in [6, 6.07) is 3.37. The number of nitrogens with zero attached hydrogens (tertiary/aromatic N) is 2. The zero-order valence-corrected chi connectivity index (χ0v) is 12.1. The van der Waals surface area contributed by atoms with Crippen LogP contribution >= 0.6 is 28.3 Å². The number of carboxylic acids is 1. The monoisotopic (exact) mass is 335 g/mol. The lowest BCUT2D eigenvalue weighted by atomic mass is 10.1. The lowest BCUT2D eigenvalue weighted by Crippen LogP contribution is -2.54. The van der Waals surface area contributed by atoms with Gasteiger partial charge < -0.3 is 10.4 Å². The van der Waals surface area contributed by atoms with E-state index in [1.807, 2.05) is 17.0 Å². The first-order chi connectivity index (χ1) is 8.16. The maximum Gasteiger partial charge on any atom is 0.322 e. The molecule has 1 aromatic heterocycles. The Morgan fingerprint density at radius 1 is 1.61 bits per heavy atom. The van der Waals surface area contributed by atoms with Gasteiger partial charge in [-0.05, 0) is 27.6 Å². The fraction of sp³-hybridized carbons (Fsp3) is 0.455. The second-order valence-corrected chi connectivity index (χ2v) is 4.83. The fourth-order valence-corrected chi connectivity index (χ4v) is 2.15. The molecule has 2 rings (SSSR count). The fourth-order valence-electron chi connectivity index (χ4n) is 1.91. The summed E-state index contributed by atoms with van der Waals surface area (Å²) in [5.74, 6) is -0.776. The molecule has 5 nitrogen and oxygen atoms in total. The van der Waals surface area contributed by atoms with Crippen molar-refractivity contribution in [2.75, 3.05) is 19.6 Å². The second-order valence-electron chi connectivity index (χ2n) is 4.02. The number of aliphatic carboxylic acids is 1. The molecular weight excluding hydrogens is 321 g/mol. The van der Waals surface area contributed by atoms with E-state index in [0.717, 1.165) is 23.3 Å². The Kier molecular flexibility index (Phi) is 6.01. The van der Waals surface area contributed by atoms with Crippen LogP contribution < -0.4 is 5.32 Å². The number of piperazine rings is 1. The van der Waals surface area contributed by atoms with Crippen LogP contribution in [-0.2, 0) is 11.3 Å². The van der Waals surface area contributed by atoms with Gasteiger partial charge in [0.05, 0.1) is 0 Å². The van der Waals surface area contributed by atoms with Crippen LogP contribution in [-0.4, -0.2) is 46.6 Å². The van der Waals surface area contributed by atoms with Crippen molar-refractivity contribution in [3.8, 4) is 0 Å². The SMILES string of the molecule is Cl.O=C(O)C1CNCCN1Cc1ccc(Br)nc1. The van der Waals surface area contributed by atoms with Crippen molar-refractivity contribution in [3.05, 3.63) is 28.5 Å². The minimum absolute atomic E-state index is 0. The number of hydrogen-bond acceptors (Lipinski definition) is 4. The van der Waals surface area contributed by atoms with Crippen molar-refractivity contribution in [2.45, 2.75) is 12.6 Å². The molecule has 100 valence electrons. The van der Waals surface area contributed by atoms with E-state index in [1.165, 1.54) is 0 Å². The average molecular weight is 337 g/mol. The molecule has 1 aliphatic heterocycles. The van der Waals surface area contributed by atoms with Gasteiger partial charge in [0.15, 0.2) is 0 Å². The highest BCUT2D eigenvalue weighted by Gasteiger charge is 2.27. The lowest BCUT2D eigenvalue weighted by Gasteiger charge is -2.33. The van der Waals surface area contributed by atoms with Crippen LogP contribution in [0.4, 0.5) is 0 Å². The Bertz CT molecular complexity index is 402. The Morgan fingerprint density at radius 3 is 3.00 bits per heavy atom. The van der Waals surface area contributed by atoms with E-state index in [0.29, 0.717) is 13.1 Å². The summed E-state index contributed by atoms with van der Waals surface area (Å²) in [5.41, 5.74) is 1.03. The van der Waals surface area contributed by atoms with Crippen molar-refractivity contribution in [3.63, 3.8) is 0 Å². The zero-order chi connectivity index (χ0) is 12.3. The normalized spacial score (nSPS) is 20.2. The summed E-state index contributed by atoms with van der Waals surface area (Å²) in [7, 11) is 0. The van der Waals surface area contributed by atoms with Gasteiger partial charge in [-0.25, -0.2) is 4.98 Å². The topological polar surface area (TPSA) is 65.5 Å². The number of carboxylic acid groups (broad SMARTS) is 1. The summed E-state index contributed by atoms with van der Waals surface area (Å²) < 4.78 is 0.788. The number of pyridine rings is 1. The molecule has 2 N–H and O–H groups in total. The maximum absolute atomic E-state index is 11.1. The Morgan fingerprint density at radius 2 is 2.39 bits per heavy atom. The summed E-state index contributed by atoms with van der Waals surface area (Å²) in [5, 5.41) is 12.2. The Hall–Kier alpha value is -0.690. The molecule has 1 fully saturated rings. The number of rotatable bonds is 3. The minimum Gasteiger partial charge on any atom is -0.480 e. The lowest BCUT2D eigenvalue weighted by molar-refractivity contribution is -0.144. The van der Waals surface area contributed by atoms with Gasteiger partial charge in [0.25, 0.3) is 0 Å². The number of hydrogen-bond donors (Lipinski definition) is 2. The van der Waals surface area contributed by atoms with Gasteiger partial charge in [-0.3, -0.25) is 9.69 Å². The highest BCUT2D eigenvalue weighted by molar-refractivity contribution is 9.10. The van der Waals surface area contributed by atoms with E-state index in [2.05, 4.69) is 26.2 Å². The van der Waals surface area contributed by atoms with E-state index >= 15 is 0 Å². The molecule has 1 unspecified atom stereocenters. The third-order valence-corrected chi connectivity index (χ3v) is 3.28. The molecule has 2 heterocycles. The first kappa shape index (κ1) is 15.4. The molecule has 0 spiro atoms. The number of nitrogens with one attached hydrogen (secondary N) is 1. The Balaban J connectivity index is 0.00000162. The van der Waals surface area contributed by atoms with Crippen LogP contribution in [0.15, 0.2) is 22.9 Å². The number of halogens is 2. The molecule has 0 aliphatic carbocycles. The van der Waals surface area contributed by atoms with Crippen LogP contribution in [0.1, 0.15) is 5.56 Å². The molecule has 1 saturated heterocycles. The van der Waals surface area contributed by atoms with Gasteiger partial charge in [-0.2, -0.15) is 0 Å². The molecule has 0 bridgehead atoms. The van der Waals surface area contributed by atoms with E-state index in [-0.39, 0.29) is 12.4 Å².